The van der Waals surface area contributed by atoms with E-state index < -0.39 is 23.8 Å². The lowest BCUT2D eigenvalue weighted by Gasteiger charge is -2.31. The number of hydrogen-bond donors (Lipinski definition) is 1. The van der Waals surface area contributed by atoms with Crippen LogP contribution in [0, 0.1) is 0 Å². The van der Waals surface area contributed by atoms with Crippen LogP contribution >= 0.6 is 0 Å². The molecule has 1 fully saturated rings. The summed E-state index contributed by atoms with van der Waals surface area (Å²) in [6, 6.07) is 19.3. The third-order valence-electron chi connectivity index (χ3n) is 5.20. The Balaban J connectivity index is 1.77. The molecule has 1 saturated carbocycles. The van der Waals surface area contributed by atoms with Gasteiger partial charge in [-0.05, 0) is 11.1 Å². The molecule has 1 aliphatic carbocycles. The quantitative estimate of drug-likeness (QED) is 0.585. The molecule has 0 aliphatic heterocycles. The summed E-state index contributed by atoms with van der Waals surface area (Å²) in [5.74, 6) is -0.422. The van der Waals surface area contributed by atoms with Crippen molar-refractivity contribution in [1.29, 1.82) is 0 Å². The zero-order chi connectivity index (χ0) is 20.7. The molecule has 3 rings (SSSR count). The second-order valence-electron chi connectivity index (χ2n) is 7.25. The first-order valence-electron chi connectivity index (χ1n) is 9.70. The standard InChI is InChI=1S/C23H28O6/c1-26-20-14-23(20,25)22(29-16-18-11-7-4-8-12-18)19(13-21(24)27-2)28-15-17-9-5-3-6-10-17/h3-12,19-20,22,25H,13-16H2,1-2H3. The number of esters is 1. The van der Waals surface area contributed by atoms with Gasteiger partial charge in [0.15, 0.2) is 0 Å². The lowest BCUT2D eigenvalue weighted by atomic mass is 10.0. The highest BCUT2D eigenvalue weighted by atomic mass is 16.6. The Bertz CT molecular complexity index is 765. The van der Waals surface area contributed by atoms with Gasteiger partial charge in [-0.15, -0.1) is 0 Å². The minimum atomic E-state index is -1.21. The van der Waals surface area contributed by atoms with Gasteiger partial charge in [0, 0.05) is 13.5 Å². The minimum absolute atomic E-state index is 0.0263. The van der Waals surface area contributed by atoms with Crippen LogP contribution in [0.4, 0.5) is 0 Å². The zero-order valence-electron chi connectivity index (χ0n) is 16.8. The van der Waals surface area contributed by atoms with Gasteiger partial charge >= 0.3 is 5.97 Å². The monoisotopic (exact) mass is 400 g/mol. The highest BCUT2D eigenvalue weighted by Gasteiger charge is 2.62. The molecule has 2 aromatic rings. The Hall–Kier alpha value is -2.25. The SMILES string of the molecule is COC(=O)CC(OCc1ccccc1)C(OCc1ccccc1)C1(O)CC1OC. The number of hydrogen-bond acceptors (Lipinski definition) is 6. The van der Waals surface area contributed by atoms with E-state index in [0.717, 1.165) is 11.1 Å². The van der Waals surface area contributed by atoms with Gasteiger partial charge in [0.2, 0.25) is 0 Å². The van der Waals surface area contributed by atoms with E-state index in [1.807, 2.05) is 60.7 Å². The van der Waals surface area contributed by atoms with Gasteiger partial charge in [0.25, 0.3) is 0 Å². The van der Waals surface area contributed by atoms with Crippen LogP contribution in [-0.4, -0.2) is 49.2 Å². The van der Waals surface area contributed by atoms with Gasteiger partial charge in [-0.1, -0.05) is 60.7 Å². The number of methoxy groups -OCH3 is 2. The van der Waals surface area contributed by atoms with Gasteiger partial charge in [-0.25, -0.2) is 0 Å². The molecule has 4 atom stereocenters. The molecule has 0 amide bonds. The van der Waals surface area contributed by atoms with E-state index in [1.54, 1.807) is 7.11 Å². The Kier molecular flexibility index (Phi) is 7.39. The van der Waals surface area contributed by atoms with Gasteiger partial charge in [0.05, 0.1) is 39.0 Å². The van der Waals surface area contributed by atoms with Crippen molar-refractivity contribution >= 4 is 5.97 Å². The summed E-state index contributed by atoms with van der Waals surface area (Å²) >= 11 is 0. The highest BCUT2D eigenvalue weighted by molar-refractivity contribution is 5.70. The van der Waals surface area contributed by atoms with Crippen LogP contribution in [0.1, 0.15) is 24.0 Å². The average molecular weight is 400 g/mol. The molecule has 6 nitrogen and oxygen atoms in total. The molecule has 156 valence electrons. The Morgan fingerprint density at radius 2 is 1.55 bits per heavy atom. The van der Waals surface area contributed by atoms with E-state index >= 15 is 0 Å². The zero-order valence-corrected chi connectivity index (χ0v) is 16.8. The molecule has 0 bridgehead atoms. The fourth-order valence-electron chi connectivity index (χ4n) is 3.44. The number of benzene rings is 2. The van der Waals surface area contributed by atoms with Gasteiger partial charge in [-0.3, -0.25) is 4.79 Å². The number of rotatable bonds is 11. The van der Waals surface area contributed by atoms with Crippen molar-refractivity contribution < 1.29 is 28.8 Å². The predicted octanol–water partition coefficient (Wildman–Crippen LogP) is 2.87. The van der Waals surface area contributed by atoms with Crippen LogP contribution in [0.3, 0.4) is 0 Å². The maximum Gasteiger partial charge on any atom is 0.308 e. The van der Waals surface area contributed by atoms with E-state index in [2.05, 4.69) is 0 Å². The fourth-order valence-corrected chi connectivity index (χ4v) is 3.44. The largest absolute Gasteiger partial charge is 0.469 e. The van der Waals surface area contributed by atoms with Crippen LogP contribution in [-0.2, 0) is 37.0 Å². The van der Waals surface area contributed by atoms with Crippen molar-refractivity contribution in [1.82, 2.24) is 0 Å². The molecular weight excluding hydrogens is 372 g/mol. The third kappa shape index (κ3) is 5.64. The van der Waals surface area contributed by atoms with Crippen molar-refractivity contribution in [3.63, 3.8) is 0 Å². The van der Waals surface area contributed by atoms with E-state index in [4.69, 9.17) is 18.9 Å². The van der Waals surface area contributed by atoms with E-state index in [0.29, 0.717) is 13.0 Å². The molecular formula is C23H28O6. The van der Waals surface area contributed by atoms with Gasteiger partial charge < -0.3 is 24.1 Å². The molecule has 0 heterocycles. The van der Waals surface area contributed by atoms with Gasteiger partial charge in [0.1, 0.15) is 11.7 Å². The van der Waals surface area contributed by atoms with E-state index in [1.165, 1.54) is 7.11 Å². The van der Waals surface area contributed by atoms with Crippen LogP contribution in [0.15, 0.2) is 60.7 Å². The molecule has 6 heteroatoms. The normalized spacial score (nSPS) is 22.7. The molecule has 29 heavy (non-hydrogen) atoms. The van der Waals surface area contributed by atoms with Crippen LogP contribution in [0.2, 0.25) is 0 Å². The topological polar surface area (TPSA) is 74.2 Å². The first kappa shape index (κ1) is 21.5. The van der Waals surface area contributed by atoms with Crippen LogP contribution in [0.25, 0.3) is 0 Å². The van der Waals surface area contributed by atoms with E-state index in [9.17, 15) is 9.90 Å². The summed E-state index contributed by atoms with van der Waals surface area (Å²) in [6.07, 6.45) is -1.38. The first-order valence-corrected chi connectivity index (χ1v) is 9.70. The maximum atomic E-state index is 12.0. The molecule has 1 aliphatic rings. The molecule has 0 radical (unpaired) electrons. The van der Waals surface area contributed by atoms with Crippen LogP contribution < -0.4 is 0 Å². The summed E-state index contributed by atoms with van der Waals surface area (Å²) in [6.45, 7) is 0.581. The minimum Gasteiger partial charge on any atom is -0.469 e. The van der Waals surface area contributed by atoms with Crippen molar-refractivity contribution in [3.8, 4) is 0 Å². The Morgan fingerprint density at radius 1 is 1.00 bits per heavy atom. The lowest BCUT2D eigenvalue weighted by Crippen LogP contribution is -2.46. The first-order chi connectivity index (χ1) is 14.1. The highest BCUT2D eigenvalue weighted by Crippen LogP contribution is 2.45. The Morgan fingerprint density at radius 3 is 2.03 bits per heavy atom. The molecule has 0 saturated heterocycles. The van der Waals surface area contributed by atoms with Gasteiger partial charge in [-0.2, -0.15) is 0 Å². The molecule has 0 spiro atoms. The summed E-state index contributed by atoms with van der Waals surface area (Å²) < 4.78 is 22.4. The molecule has 0 aromatic heterocycles. The second-order valence-corrected chi connectivity index (χ2v) is 7.25. The number of aliphatic hydroxyl groups is 1. The van der Waals surface area contributed by atoms with E-state index in [-0.39, 0.29) is 19.1 Å². The predicted molar refractivity (Wildman–Crippen MR) is 107 cm³/mol. The van der Waals surface area contributed by atoms with Crippen molar-refractivity contribution in [2.45, 2.75) is 50.0 Å². The van der Waals surface area contributed by atoms with Crippen LogP contribution in [0.5, 0.6) is 0 Å². The molecule has 4 unspecified atom stereocenters. The lowest BCUT2D eigenvalue weighted by molar-refractivity contribution is -0.167. The fraction of sp³-hybridized carbons (Fsp3) is 0.435. The smallest absolute Gasteiger partial charge is 0.308 e. The number of carbonyl (C=O) groups excluding carboxylic acids is 1. The third-order valence-corrected chi connectivity index (χ3v) is 5.20. The van der Waals surface area contributed by atoms with Crippen molar-refractivity contribution in [3.05, 3.63) is 71.8 Å². The number of carbonyl (C=O) groups is 1. The van der Waals surface area contributed by atoms with Crippen molar-refractivity contribution in [2.24, 2.45) is 0 Å². The maximum absolute atomic E-state index is 12.0. The molecule has 2 aromatic carbocycles. The second kappa shape index (κ2) is 9.98. The Labute approximate surface area is 171 Å². The summed E-state index contributed by atoms with van der Waals surface area (Å²) in [5, 5.41) is 11.1. The average Bonchev–Trinajstić information content (AvgIpc) is 3.44. The molecule has 1 N–H and O–H groups in total. The summed E-state index contributed by atoms with van der Waals surface area (Å²) in [5.41, 5.74) is 0.727. The number of ether oxygens (including phenoxy) is 4. The van der Waals surface area contributed by atoms with Crippen molar-refractivity contribution in [2.75, 3.05) is 14.2 Å². The summed E-state index contributed by atoms with van der Waals surface area (Å²) in [7, 11) is 2.89. The summed E-state index contributed by atoms with van der Waals surface area (Å²) in [4.78, 5) is 12.0.